The van der Waals surface area contributed by atoms with Gasteiger partial charge < -0.3 is 14.0 Å². The standard InChI is InChI=1S/C15H15N3O2/c1-10-12(9-16)18(2)15(17-10)11-4-5-13-14(8-11)20-7-3-6-19-13/h4-5,8H,3,6-7H2,1-2H3. The molecule has 20 heavy (non-hydrogen) atoms. The van der Waals surface area contributed by atoms with Gasteiger partial charge in [-0.1, -0.05) is 0 Å². The highest BCUT2D eigenvalue weighted by molar-refractivity contribution is 5.63. The van der Waals surface area contributed by atoms with Gasteiger partial charge in [0.1, 0.15) is 17.6 Å². The van der Waals surface area contributed by atoms with Crippen molar-refractivity contribution in [2.24, 2.45) is 7.05 Å². The predicted octanol–water partition coefficient (Wildman–Crippen LogP) is 2.43. The number of imidazole rings is 1. The minimum atomic E-state index is 0.576. The third kappa shape index (κ3) is 1.99. The van der Waals surface area contributed by atoms with E-state index in [1.54, 1.807) is 4.57 Å². The van der Waals surface area contributed by atoms with Crippen molar-refractivity contribution in [2.75, 3.05) is 13.2 Å². The van der Waals surface area contributed by atoms with E-state index in [2.05, 4.69) is 11.1 Å². The van der Waals surface area contributed by atoms with Gasteiger partial charge in [-0.15, -0.1) is 0 Å². The Kier molecular flexibility index (Phi) is 3.07. The second-order valence-corrected chi connectivity index (χ2v) is 4.75. The number of ether oxygens (including phenoxy) is 2. The molecule has 3 rings (SSSR count). The summed E-state index contributed by atoms with van der Waals surface area (Å²) in [6.45, 7) is 3.16. The molecular formula is C15H15N3O2. The Morgan fingerprint density at radius 2 is 2.00 bits per heavy atom. The van der Waals surface area contributed by atoms with Crippen molar-refractivity contribution in [3.63, 3.8) is 0 Å². The average molecular weight is 269 g/mol. The molecule has 0 saturated heterocycles. The first kappa shape index (κ1) is 12.5. The largest absolute Gasteiger partial charge is 0.490 e. The number of rotatable bonds is 1. The fourth-order valence-corrected chi connectivity index (χ4v) is 2.35. The Morgan fingerprint density at radius 1 is 1.25 bits per heavy atom. The van der Waals surface area contributed by atoms with Gasteiger partial charge in [0, 0.05) is 19.0 Å². The van der Waals surface area contributed by atoms with E-state index >= 15 is 0 Å². The fourth-order valence-electron chi connectivity index (χ4n) is 2.35. The summed E-state index contributed by atoms with van der Waals surface area (Å²) in [5.41, 5.74) is 2.23. The highest BCUT2D eigenvalue weighted by atomic mass is 16.5. The molecule has 2 heterocycles. The van der Waals surface area contributed by atoms with E-state index < -0.39 is 0 Å². The molecule has 0 N–H and O–H groups in total. The summed E-state index contributed by atoms with van der Waals surface area (Å²) in [5.74, 6) is 2.26. The summed E-state index contributed by atoms with van der Waals surface area (Å²) in [7, 11) is 1.84. The molecule has 102 valence electrons. The summed E-state index contributed by atoms with van der Waals surface area (Å²) < 4.78 is 13.1. The molecule has 5 nitrogen and oxygen atoms in total. The van der Waals surface area contributed by atoms with E-state index in [9.17, 15) is 0 Å². The summed E-state index contributed by atoms with van der Waals surface area (Å²) in [4.78, 5) is 4.47. The van der Waals surface area contributed by atoms with Gasteiger partial charge in [0.2, 0.25) is 0 Å². The molecule has 1 aromatic carbocycles. The monoisotopic (exact) mass is 269 g/mol. The summed E-state index contributed by atoms with van der Waals surface area (Å²) in [6.07, 6.45) is 0.879. The topological polar surface area (TPSA) is 60.1 Å². The molecule has 0 unspecified atom stereocenters. The van der Waals surface area contributed by atoms with Crippen LogP contribution in [-0.2, 0) is 7.05 Å². The molecule has 0 amide bonds. The molecule has 1 aliphatic heterocycles. The van der Waals surface area contributed by atoms with Gasteiger partial charge in [0.25, 0.3) is 0 Å². The molecule has 0 spiro atoms. The second kappa shape index (κ2) is 4.89. The van der Waals surface area contributed by atoms with Gasteiger partial charge >= 0.3 is 0 Å². The molecule has 1 aliphatic rings. The van der Waals surface area contributed by atoms with Gasteiger partial charge in [-0.05, 0) is 25.1 Å². The number of aromatic nitrogens is 2. The van der Waals surface area contributed by atoms with E-state index in [-0.39, 0.29) is 0 Å². The number of nitrogens with zero attached hydrogens (tertiary/aromatic N) is 3. The second-order valence-electron chi connectivity index (χ2n) is 4.75. The zero-order valence-corrected chi connectivity index (χ0v) is 11.5. The van der Waals surface area contributed by atoms with Gasteiger partial charge in [0.15, 0.2) is 11.5 Å². The zero-order valence-electron chi connectivity index (χ0n) is 11.5. The van der Waals surface area contributed by atoms with Crippen LogP contribution < -0.4 is 9.47 Å². The first-order valence-corrected chi connectivity index (χ1v) is 6.54. The lowest BCUT2D eigenvalue weighted by Crippen LogP contribution is -1.97. The summed E-state index contributed by atoms with van der Waals surface area (Å²) in [6, 6.07) is 7.93. The first-order valence-electron chi connectivity index (χ1n) is 6.54. The van der Waals surface area contributed by atoms with Crippen LogP contribution >= 0.6 is 0 Å². The van der Waals surface area contributed by atoms with E-state index in [1.165, 1.54) is 0 Å². The fraction of sp³-hybridized carbons (Fsp3) is 0.333. The van der Waals surface area contributed by atoms with Crippen molar-refractivity contribution in [2.45, 2.75) is 13.3 Å². The maximum Gasteiger partial charge on any atom is 0.161 e. The molecular weight excluding hydrogens is 254 g/mol. The molecule has 0 aliphatic carbocycles. The Labute approximate surface area is 117 Å². The summed E-state index contributed by atoms with van der Waals surface area (Å²) in [5, 5.41) is 9.13. The SMILES string of the molecule is Cc1nc(-c2ccc3c(c2)OCCCO3)n(C)c1C#N. The van der Waals surface area contributed by atoms with Gasteiger partial charge in [-0.2, -0.15) is 5.26 Å². The molecule has 1 aromatic heterocycles. The van der Waals surface area contributed by atoms with Crippen molar-refractivity contribution >= 4 is 0 Å². The van der Waals surface area contributed by atoms with Crippen LogP contribution in [0.4, 0.5) is 0 Å². The van der Waals surface area contributed by atoms with E-state index in [0.29, 0.717) is 18.9 Å². The Balaban J connectivity index is 2.08. The van der Waals surface area contributed by atoms with Crippen LogP contribution in [0.1, 0.15) is 17.8 Å². The van der Waals surface area contributed by atoms with Crippen LogP contribution in [0.2, 0.25) is 0 Å². The Bertz CT molecular complexity index is 698. The van der Waals surface area contributed by atoms with Crippen molar-refractivity contribution in [3.05, 3.63) is 29.6 Å². The Morgan fingerprint density at radius 3 is 2.70 bits per heavy atom. The van der Waals surface area contributed by atoms with Crippen molar-refractivity contribution < 1.29 is 9.47 Å². The van der Waals surface area contributed by atoms with Gasteiger partial charge in [-0.25, -0.2) is 4.98 Å². The predicted molar refractivity (Wildman–Crippen MR) is 73.7 cm³/mol. The lowest BCUT2D eigenvalue weighted by atomic mass is 10.2. The number of aryl methyl sites for hydroxylation is 1. The van der Waals surface area contributed by atoms with Crippen molar-refractivity contribution in [1.82, 2.24) is 9.55 Å². The number of hydrogen-bond acceptors (Lipinski definition) is 4. The van der Waals surface area contributed by atoms with E-state index in [0.717, 1.165) is 35.0 Å². The van der Waals surface area contributed by atoms with Crippen LogP contribution in [0, 0.1) is 18.3 Å². The maximum absolute atomic E-state index is 9.13. The lowest BCUT2D eigenvalue weighted by Gasteiger charge is -2.09. The van der Waals surface area contributed by atoms with Crippen LogP contribution in [-0.4, -0.2) is 22.8 Å². The highest BCUT2D eigenvalue weighted by Gasteiger charge is 2.16. The third-order valence-corrected chi connectivity index (χ3v) is 3.38. The first-order chi connectivity index (χ1) is 9.70. The molecule has 0 fully saturated rings. The van der Waals surface area contributed by atoms with Crippen LogP contribution in [0.5, 0.6) is 11.5 Å². The van der Waals surface area contributed by atoms with Crippen LogP contribution in [0.25, 0.3) is 11.4 Å². The molecule has 2 aromatic rings. The van der Waals surface area contributed by atoms with E-state index in [1.807, 2.05) is 32.2 Å². The van der Waals surface area contributed by atoms with Crippen LogP contribution in [0.3, 0.4) is 0 Å². The normalized spacial score (nSPS) is 13.7. The van der Waals surface area contributed by atoms with Crippen molar-refractivity contribution in [1.29, 1.82) is 5.26 Å². The molecule has 5 heteroatoms. The minimum Gasteiger partial charge on any atom is -0.490 e. The highest BCUT2D eigenvalue weighted by Crippen LogP contribution is 2.34. The quantitative estimate of drug-likeness (QED) is 0.797. The summed E-state index contributed by atoms with van der Waals surface area (Å²) >= 11 is 0. The number of nitriles is 1. The molecule has 0 atom stereocenters. The van der Waals surface area contributed by atoms with Crippen LogP contribution in [0.15, 0.2) is 18.2 Å². The number of hydrogen-bond donors (Lipinski definition) is 0. The van der Waals surface area contributed by atoms with Gasteiger partial charge in [-0.3, -0.25) is 0 Å². The average Bonchev–Trinajstić information content (AvgIpc) is 2.64. The van der Waals surface area contributed by atoms with E-state index in [4.69, 9.17) is 14.7 Å². The molecule has 0 radical (unpaired) electrons. The smallest absolute Gasteiger partial charge is 0.161 e. The minimum absolute atomic E-state index is 0.576. The number of benzene rings is 1. The molecule has 0 bridgehead atoms. The van der Waals surface area contributed by atoms with Crippen molar-refractivity contribution in [3.8, 4) is 29.0 Å². The maximum atomic E-state index is 9.13. The molecule has 0 saturated carbocycles. The Hall–Kier alpha value is -2.48. The lowest BCUT2D eigenvalue weighted by molar-refractivity contribution is 0.297. The zero-order chi connectivity index (χ0) is 14.1. The third-order valence-electron chi connectivity index (χ3n) is 3.38. The van der Waals surface area contributed by atoms with Gasteiger partial charge in [0.05, 0.1) is 18.9 Å². The number of fused-ring (bicyclic) bond motifs is 1.